The zero-order chi connectivity index (χ0) is 20.1. The van der Waals surface area contributed by atoms with Gasteiger partial charge in [-0.25, -0.2) is 22.2 Å². The van der Waals surface area contributed by atoms with Gasteiger partial charge >= 0.3 is 0 Å². The second-order valence-corrected chi connectivity index (χ2v) is 8.27. The number of rotatable bonds is 3. The molecule has 0 amide bonds. The zero-order valence-corrected chi connectivity index (χ0v) is 15.3. The van der Waals surface area contributed by atoms with Crippen molar-refractivity contribution in [3.05, 3.63) is 70.6 Å². The highest BCUT2D eigenvalue weighted by Crippen LogP contribution is 2.30. The third kappa shape index (κ3) is 3.09. The number of aromatic nitrogens is 2. The van der Waals surface area contributed by atoms with Gasteiger partial charge < -0.3 is 10.3 Å². The van der Waals surface area contributed by atoms with Crippen molar-refractivity contribution < 1.29 is 17.2 Å². The fourth-order valence-corrected chi connectivity index (χ4v) is 3.63. The van der Waals surface area contributed by atoms with E-state index in [4.69, 9.17) is 0 Å². The van der Waals surface area contributed by atoms with Crippen LogP contribution in [0.15, 0.2) is 58.4 Å². The van der Waals surface area contributed by atoms with Gasteiger partial charge in [-0.05, 0) is 42.5 Å². The molecule has 0 aliphatic heterocycles. The van der Waals surface area contributed by atoms with E-state index in [1.807, 2.05) is 0 Å². The van der Waals surface area contributed by atoms with Gasteiger partial charge in [0.15, 0.2) is 9.84 Å². The van der Waals surface area contributed by atoms with Crippen molar-refractivity contribution in [2.45, 2.75) is 4.90 Å². The maximum atomic E-state index is 14.3. The summed E-state index contributed by atoms with van der Waals surface area (Å²) in [6, 6.07) is 8.71. The molecule has 0 radical (unpaired) electrons. The number of aromatic amines is 1. The molecule has 28 heavy (non-hydrogen) atoms. The molecule has 4 rings (SSSR count). The van der Waals surface area contributed by atoms with Gasteiger partial charge in [0.05, 0.1) is 21.5 Å². The second-order valence-electron chi connectivity index (χ2n) is 6.26. The van der Waals surface area contributed by atoms with E-state index < -0.39 is 27.0 Å². The Morgan fingerprint density at radius 1 is 1.04 bits per heavy atom. The third-order valence-electron chi connectivity index (χ3n) is 4.30. The lowest BCUT2D eigenvalue weighted by atomic mass is 10.1. The van der Waals surface area contributed by atoms with Gasteiger partial charge in [0, 0.05) is 23.2 Å². The Hall–Kier alpha value is -3.33. The van der Waals surface area contributed by atoms with Gasteiger partial charge in [0.1, 0.15) is 17.5 Å². The Bertz CT molecular complexity index is 1420. The number of hydrogen-bond donors (Lipinski definition) is 2. The van der Waals surface area contributed by atoms with Gasteiger partial charge in [-0.15, -0.1) is 0 Å². The minimum Gasteiger partial charge on any atom is -0.337 e. The first-order chi connectivity index (χ1) is 13.2. The van der Waals surface area contributed by atoms with E-state index in [1.165, 1.54) is 24.4 Å². The van der Waals surface area contributed by atoms with E-state index in [-0.39, 0.29) is 21.8 Å². The molecule has 2 aromatic heterocycles. The number of hydrogen-bond acceptors (Lipinski definition) is 5. The van der Waals surface area contributed by atoms with Crippen LogP contribution in [-0.4, -0.2) is 24.6 Å². The fraction of sp³-hybridized carbons (Fsp3) is 0.0526. The third-order valence-corrected chi connectivity index (χ3v) is 5.41. The van der Waals surface area contributed by atoms with Gasteiger partial charge in [-0.1, -0.05) is 0 Å². The number of pyridine rings is 2. The molecule has 0 saturated carbocycles. The van der Waals surface area contributed by atoms with Crippen LogP contribution in [0.2, 0.25) is 0 Å². The molecule has 0 unspecified atom stereocenters. The van der Waals surface area contributed by atoms with Crippen LogP contribution in [0.1, 0.15) is 0 Å². The van der Waals surface area contributed by atoms with Crippen molar-refractivity contribution in [3.63, 3.8) is 0 Å². The van der Waals surface area contributed by atoms with Crippen LogP contribution in [-0.2, 0) is 9.84 Å². The van der Waals surface area contributed by atoms with E-state index in [2.05, 4.69) is 15.3 Å². The average Bonchev–Trinajstić information content (AvgIpc) is 2.63. The topological polar surface area (TPSA) is 91.9 Å². The minimum absolute atomic E-state index is 0.0681. The van der Waals surface area contributed by atoms with Crippen LogP contribution in [0.3, 0.4) is 0 Å². The van der Waals surface area contributed by atoms with E-state index in [1.54, 1.807) is 6.07 Å². The Morgan fingerprint density at radius 2 is 1.82 bits per heavy atom. The summed E-state index contributed by atoms with van der Waals surface area (Å²) in [6.45, 7) is 0. The van der Waals surface area contributed by atoms with E-state index in [0.29, 0.717) is 16.3 Å². The quantitative estimate of drug-likeness (QED) is 0.405. The SMILES string of the molecule is CS(=O)(=O)c1ccc(F)c(Nc2nc3ccc(F)cc3c3c(=O)[nH]ccc23)c1. The first-order valence-corrected chi connectivity index (χ1v) is 10.0. The van der Waals surface area contributed by atoms with Crippen LogP contribution < -0.4 is 10.9 Å². The summed E-state index contributed by atoms with van der Waals surface area (Å²) in [6.07, 6.45) is 2.41. The fourth-order valence-electron chi connectivity index (χ4n) is 2.98. The van der Waals surface area contributed by atoms with Crippen LogP contribution in [0.25, 0.3) is 21.7 Å². The molecule has 9 heteroatoms. The van der Waals surface area contributed by atoms with E-state index >= 15 is 0 Å². The molecule has 4 aromatic rings. The normalized spacial score (nSPS) is 11.8. The van der Waals surface area contributed by atoms with Gasteiger partial charge in [0.2, 0.25) is 0 Å². The molecule has 0 atom stereocenters. The summed E-state index contributed by atoms with van der Waals surface area (Å²) in [5, 5.41) is 3.61. The number of H-pyrrole nitrogens is 1. The molecule has 0 aliphatic carbocycles. The number of halogens is 2. The largest absolute Gasteiger partial charge is 0.337 e. The van der Waals surface area contributed by atoms with Crippen LogP contribution in [0, 0.1) is 11.6 Å². The molecule has 0 saturated heterocycles. The van der Waals surface area contributed by atoms with Gasteiger partial charge in [-0.3, -0.25) is 4.79 Å². The molecule has 0 aliphatic rings. The number of fused-ring (bicyclic) bond motifs is 3. The first-order valence-electron chi connectivity index (χ1n) is 8.11. The second kappa shape index (κ2) is 6.38. The Kier molecular flexibility index (Phi) is 4.11. The molecule has 6 nitrogen and oxygen atoms in total. The maximum Gasteiger partial charge on any atom is 0.256 e. The lowest BCUT2D eigenvalue weighted by molar-refractivity contribution is 0.600. The van der Waals surface area contributed by atoms with Gasteiger partial charge in [-0.2, -0.15) is 0 Å². The van der Waals surface area contributed by atoms with Gasteiger partial charge in [0.25, 0.3) is 5.56 Å². The van der Waals surface area contributed by atoms with Crippen molar-refractivity contribution in [1.82, 2.24) is 9.97 Å². The summed E-state index contributed by atoms with van der Waals surface area (Å²) in [7, 11) is -3.55. The number of nitrogens with one attached hydrogen (secondary N) is 2. The lowest BCUT2D eigenvalue weighted by Crippen LogP contribution is -2.08. The molecule has 2 heterocycles. The number of sulfone groups is 1. The van der Waals surface area contributed by atoms with Crippen molar-refractivity contribution in [1.29, 1.82) is 0 Å². The summed E-state index contributed by atoms with van der Waals surface area (Å²) in [5.41, 5.74) is -0.241. The molecule has 0 fully saturated rings. The first kappa shape index (κ1) is 18.1. The van der Waals surface area contributed by atoms with Crippen molar-refractivity contribution in [2.24, 2.45) is 0 Å². The van der Waals surface area contributed by atoms with Crippen LogP contribution in [0.5, 0.6) is 0 Å². The highest BCUT2D eigenvalue weighted by atomic mass is 32.2. The molecule has 142 valence electrons. The van der Waals surface area contributed by atoms with E-state index in [0.717, 1.165) is 24.5 Å². The number of anilines is 2. The molecule has 2 aromatic carbocycles. The number of benzene rings is 2. The minimum atomic E-state index is -3.55. The Morgan fingerprint density at radius 3 is 2.57 bits per heavy atom. The Balaban J connectivity index is 1.99. The van der Waals surface area contributed by atoms with Crippen molar-refractivity contribution >= 4 is 43.0 Å². The Labute approximate surface area is 157 Å². The van der Waals surface area contributed by atoms with Crippen molar-refractivity contribution in [2.75, 3.05) is 11.6 Å². The lowest BCUT2D eigenvalue weighted by Gasteiger charge is -2.12. The standard InChI is InChI=1S/C19H13F2N3O3S/c1-28(26,27)11-3-4-14(21)16(9-11)24-18-12-6-7-22-19(25)17(12)13-8-10(20)2-5-15(13)23-18/h2-9H,1H3,(H,22,25)(H,23,24). The smallest absolute Gasteiger partial charge is 0.256 e. The highest BCUT2D eigenvalue weighted by Gasteiger charge is 2.15. The molecular weight excluding hydrogens is 388 g/mol. The van der Waals surface area contributed by atoms with E-state index in [9.17, 15) is 22.0 Å². The van der Waals surface area contributed by atoms with Crippen LogP contribution >= 0.6 is 0 Å². The summed E-state index contributed by atoms with van der Waals surface area (Å²) < 4.78 is 51.5. The zero-order valence-electron chi connectivity index (χ0n) is 14.5. The predicted molar refractivity (Wildman–Crippen MR) is 103 cm³/mol. The number of nitrogens with zero attached hydrogens (tertiary/aromatic N) is 1. The molecule has 0 spiro atoms. The summed E-state index contributed by atoms with van der Waals surface area (Å²) >= 11 is 0. The molecule has 2 N–H and O–H groups in total. The van der Waals surface area contributed by atoms with Crippen molar-refractivity contribution in [3.8, 4) is 0 Å². The maximum absolute atomic E-state index is 14.3. The summed E-state index contributed by atoms with van der Waals surface area (Å²) in [5.74, 6) is -1.07. The predicted octanol–water partition coefficient (Wildman–Crippen LogP) is 3.50. The summed E-state index contributed by atoms with van der Waals surface area (Å²) in [4.78, 5) is 19.2. The van der Waals surface area contributed by atoms with Crippen LogP contribution in [0.4, 0.5) is 20.3 Å². The monoisotopic (exact) mass is 401 g/mol. The molecular formula is C19H13F2N3O3S. The average molecular weight is 401 g/mol. The molecule has 0 bridgehead atoms. The highest BCUT2D eigenvalue weighted by molar-refractivity contribution is 7.90.